The summed E-state index contributed by atoms with van der Waals surface area (Å²) in [5, 5.41) is 3.46. The number of hydrogen-bond acceptors (Lipinski definition) is 3. The summed E-state index contributed by atoms with van der Waals surface area (Å²) in [6, 6.07) is -0.0816. The van der Waals surface area contributed by atoms with E-state index in [1.807, 2.05) is 30.5 Å². The van der Waals surface area contributed by atoms with Crippen molar-refractivity contribution < 1.29 is 9.59 Å². The monoisotopic (exact) mass is 284 g/mol. The maximum atomic E-state index is 12.5. The van der Waals surface area contributed by atoms with Crippen molar-refractivity contribution in [3.05, 3.63) is 0 Å². The van der Waals surface area contributed by atoms with Crippen molar-refractivity contribution in [3.8, 4) is 0 Å². The highest BCUT2D eigenvalue weighted by atomic mass is 32.2. The van der Waals surface area contributed by atoms with Gasteiger partial charge in [0.25, 0.3) is 0 Å². The van der Waals surface area contributed by atoms with Gasteiger partial charge in [-0.25, -0.2) is 0 Å². The van der Waals surface area contributed by atoms with Crippen LogP contribution in [-0.4, -0.2) is 46.8 Å². The highest BCUT2D eigenvalue weighted by molar-refractivity contribution is 7.99. The van der Waals surface area contributed by atoms with Crippen LogP contribution in [0.4, 0.5) is 0 Å². The zero-order chi connectivity index (χ0) is 14.0. The first kappa shape index (κ1) is 14.7. The van der Waals surface area contributed by atoms with Gasteiger partial charge >= 0.3 is 0 Å². The lowest BCUT2D eigenvalue weighted by Gasteiger charge is -2.42. The molecule has 5 heteroatoms. The van der Waals surface area contributed by atoms with E-state index in [-0.39, 0.29) is 36.4 Å². The number of hydrogen-bond donors (Lipinski definition) is 1. The molecule has 1 saturated carbocycles. The fourth-order valence-corrected chi connectivity index (χ4v) is 3.89. The number of rotatable bonds is 3. The van der Waals surface area contributed by atoms with Crippen LogP contribution in [0.3, 0.4) is 0 Å². The summed E-state index contributed by atoms with van der Waals surface area (Å²) in [6.45, 7) is 4.21. The standard InChI is InChI=1S/C14H24N2O2S/c1-9(2)13-14(18)16(8-12(17)15-13)10-5-4-6-11(7-10)19-3/h9-11,13H,4-8H2,1-3H3,(H,15,17). The largest absolute Gasteiger partial charge is 0.343 e. The number of piperazine rings is 1. The first-order valence-electron chi connectivity index (χ1n) is 7.15. The molecular weight excluding hydrogens is 260 g/mol. The lowest BCUT2D eigenvalue weighted by Crippen LogP contribution is -2.62. The zero-order valence-electron chi connectivity index (χ0n) is 12.0. The van der Waals surface area contributed by atoms with E-state index in [0.29, 0.717) is 5.25 Å². The second kappa shape index (κ2) is 6.16. The highest BCUT2D eigenvalue weighted by Crippen LogP contribution is 2.31. The van der Waals surface area contributed by atoms with E-state index < -0.39 is 0 Å². The fourth-order valence-electron chi connectivity index (χ4n) is 3.07. The van der Waals surface area contributed by atoms with Crippen molar-refractivity contribution in [1.29, 1.82) is 0 Å². The Morgan fingerprint density at radius 2 is 2.05 bits per heavy atom. The van der Waals surface area contributed by atoms with E-state index in [2.05, 4.69) is 11.6 Å². The van der Waals surface area contributed by atoms with Crippen LogP contribution < -0.4 is 5.32 Å². The normalized spacial score (nSPS) is 32.6. The summed E-state index contributed by atoms with van der Waals surface area (Å²) < 4.78 is 0. The van der Waals surface area contributed by atoms with Crippen LogP contribution in [0.1, 0.15) is 39.5 Å². The number of carbonyl (C=O) groups is 2. The van der Waals surface area contributed by atoms with Crippen molar-refractivity contribution in [2.75, 3.05) is 12.8 Å². The van der Waals surface area contributed by atoms with Crippen LogP contribution in [0.2, 0.25) is 0 Å². The maximum absolute atomic E-state index is 12.5. The Balaban J connectivity index is 2.09. The predicted molar refractivity (Wildman–Crippen MR) is 78.0 cm³/mol. The summed E-state index contributed by atoms with van der Waals surface area (Å²) in [7, 11) is 0. The molecule has 3 unspecified atom stereocenters. The minimum Gasteiger partial charge on any atom is -0.343 e. The van der Waals surface area contributed by atoms with Gasteiger partial charge in [0.2, 0.25) is 11.8 Å². The van der Waals surface area contributed by atoms with Crippen molar-refractivity contribution in [2.24, 2.45) is 5.92 Å². The molecule has 108 valence electrons. The molecule has 0 radical (unpaired) electrons. The average molecular weight is 284 g/mol. The van der Waals surface area contributed by atoms with Gasteiger partial charge in [0.1, 0.15) is 6.04 Å². The molecule has 1 N–H and O–H groups in total. The Labute approximate surface area is 119 Å². The summed E-state index contributed by atoms with van der Waals surface area (Å²) in [6.07, 6.45) is 6.61. The van der Waals surface area contributed by atoms with Gasteiger partial charge < -0.3 is 10.2 Å². The molecule has 2 aliphatic rings. The van der Waals surface area contributed by atoms with E-state index in [0.717, 1.165) is 19.3 Å². The lowest BCUT2D eigenvalue weighted by molar-refractivity contribution is -0.148. The highest BCUT2D eigenvalue weighted by Gasteiger charge is 2.39. The van der Waals surface area contributed by atoms with Gasteiger partial charge in [-0.3, -0.25) is 9.59 Å². The molecule has 1 heterocycles. The molecule has 1 aliphatic heterocycles. The van der Waals surface area contributed by atoms with Gasteiger partial charge in [0.15, 0.2) is 0 Å². The quantitative estimate of drug-likeness (QED) is 0.857. The van der Waals surface area contributed by atoms with Crippen LogP contribution in [0.5, 0.6) is 0 Å². The van der Waals surface area contributed by atoms with Crippen molar-refractivity contribution in [1.82, 2.24) is 10.2 Å². The Morgan fingerprint density at radius 1 is 1.32 bits per heavy atom. The van der Waals surface area contributed by atoms with E-state index >= 15 is 0 Å². The topological polar surface area (TPSA) is 49.4 Å². The van der Waals surface area contributed by atoms with Crippen molar-refractivity contribution in [3.63, 3.8) is 0 Å². The van der Waals surface area contributed by atoms with Crippen LogP contribution in [0.25, 0.3) is 0 Å². The molecular formula is C14H24N2O2S. The van der Waals surface area contributed by atoms with E-state index in [9.17, 15) is 9.59 Å². The van der Waals surface area contributed by atoms with Gasteiger partial charge in [-0.1, -0.05) is 20.3 Å². The maximum Gasteiger partial charge on any atom is 0.246 e. The third-order valence-electron chi connectivity index (χ3n) is 4.22. The van der Waals surface area contributed by atoms with Gasteiger partial charge in [0, 0.05) is 11.3 Å². The zero-order valence-corrected chi connectivity index (χ0v) is 12.8. The predicted octanol–water partition coefficient (Wildman–Crippen LogP) is 1.64. The molecule has 19 heavy (non-hydrogen) atoms. The third-order valence-corrected chi connectivity index (χ3v) is 5.31. The molecule has 0 spiro atoms. The van der Waals surface area contributed by atoms with Crippen LogP contribution >= 0.6 is 11.8 Å². The third kappa shape index (κ3) is 3.25. The number of thioether (sulfide) groups is 1. The smallest absolute Gasteiger partial charge is 0.246 e. The first-order valence-corrected chi connectivity index (χ1v) is 8.44. The van der Waals surface area contributed by atoms with Crippen molar-refractivity contribution >= 4 is 23.6 Å². The molecule has 2 fully saturated rings. The molecule has 0 aromatic heterocycles. The summed E-state index contributed by atoms with van der Waals surface area (Å²) in [5.74, 6) is 0.255. The average Bonchev–Trinajstić information content (AvgIpc) is 2.40. The second-order valence-corrected chi connectivity index (χ2v) is 7.07. The fraction of sp³-hybridized carbons (Fsp3) is 0.857. The molecule has 0 bridgehead atoms. The summed E-state index contributed by atoms with van der Waals surface area (Å²) in [5.41, 5.74) is 0. The molecule has 2 amide bonds. The number of amides is 2. The number of carbonyl (C=O) groups excluding carboxylic acids is 2. The number of nitrogens with zero attached hydrogens (tertiary/aromatic N) is 1. The molecule has 0 aromatic rings. The second-order valence-electron chi connectivity index (χ2n) is 5.93. The Morgan fingerprint density at radius 3 is 2.68 bits per heavy atom. The minimum absolute atomic E-state index is 0.00965. The molecule has 0 aromatic carbocycles. The van der Waals surface area contributed by atoms with E-state index in [4.69, 9.17) is 0 Å². The van der Waals surface area contributed by atoms with Gasteiger partial charge in [0.05, 0.1) is 6.54 Å². The Kier molecular flexibility index (Phi) is 4.76. The number of nitrogens with one attached hydrogen (secondary N) is 1. The Bertz CT molecular complexity index is 359. The van der Waals surface area contributed by atoms with Gasteiger partial charge in [-0.05, 0) is 31.4 Å². The molecule has 4 nitrogen and oxygen atoms in total. The SMILES string of the molecule is CSC1CCCC(N2CC(=O)NC(C(C)C)C2=O)C1. The van der Waals surface area contributed by atoms with Gasteiger partial charge in [-0.15, -0.1) is 0 Å². The molecule has 3 atom stereocenters. The molecule has 2 rings (SSSR count). The first-order chi connectivity index (χ1) is 9.02. The van der Waals surface area contributed by atoms with Crippen molar-refractivity contribution in [2.45, 2.75) is 56.9 Å². The minimum atomic E-state index is -0.337. The molecule has 1 aliphatic carbocycles. The van der Waals surface area contributed by atoms with Crippen LogP contribution in [0, 0.1) is 5.92 Å². The van der Waals surface area contributed by atoms with Gasteiger partial charge in [-0.2, -0.15) is 11.8 Å². The Hall–Kier alpha value is -0.710. The van der Waals surface area contributed by atoms with E-state index in [1.165, 1.54) is 6.42 Å². The molecule has 1 saturated heterocycles. The van der Waals surface area contributed by atoms with Crippen LogP contribution in [-0.2, 0) is 9.59 Å². The summed E-state index contributed by atoms with van der Waals surface area (Å²) >= 11 is 1.88. The lowest BCUT2D eigenvalue weighted by atomic mass is 9.91. The van der Waals surface area contributed by atoms with Crippen LogP contribution in [0.15, 0.2) is 0 Å². The van der Waals surface area contributed by atoms with E-state index in [1.54, 1.807) is 0 Å². The summed E-state index contributed by atoms with van der Waals surface area (Å²) in [4.78, 5) is 26.2.